The summed E-state index contributed by atoms with van der Waals surface area (Å²) in [6.07, 6.45) is 3.27. The van der Waals surface area contributed by atoms with Gasteiger partial charge in [0.2, 0.25) is 5.91 Å². The van der Waals surface area contributed by atoms with Crippen LogP contribution in [0.15, 0.2) is 64.7 Å². The Hall–Kier alpha value is -1.81. The highest BCUT2D eigenvalue weighted by molar-refractivity contribution is 14.0. The standard InChI is InChI=1S/C19H25N5OS.HI/c1-3-21-19(22-12-15(2)26-17-9-5-4-6-10-17)23-14-18(25)24-16-8-7-11-20-13-16;/h4-11,13,15H,3,12,14H2,1-2H3,(H,24,25)(H2,21,22,23);1H. The fraction of sp³-hybridized carbons (Fsp3) is 0.316. The lowest BCUT2D eigenvalue weighted by Crippen LogP contribution is -2.40. The molecule has 2 aromatic rings. The molecule has 0 bridgehead atoms. The first kappa shape index (κ1) is 23.2. The van der Waals surface area contributed by atoms with E-state index in [0.29, 0.717) is 16.9 Å². The Morgan fingerprint density at radius 3 is 2.63 bits per heavy atom. The number of guanidine groups is 1. The van der Waals surface area contributed by atoms with Crippen LogP contribution in [0.25, 0.3) is 0 Å². The summed E-state index contributed by atoms with van der Waals surface area (Å²) in [6.45, 7) is 5.68. The summed E-state index contributed by atoms with van der Waals surface area (Å²) in [6, 6.07) is 13.9. The predicted octanol–water partition coefficient (Wildman–Crippen LogP) is 3.37. The molecule has 6 nitrogen and oxygen atoms in total. The van der Waals surface area contributed by atoms with Crippen molar-refractivity contribution in [1.29, 1.82) is 0 Å². The molecule has 0 spiro atoms. The molecular weight excluding hydrogens is 473 g/mol. The fourth-order valence-electron chi connectivity index (χ4n) is 2.14. The van der Waals surface area contributed by atoms with Gasteiger partial charge in [-0.1, -0.05) is 25.1 Å². The van der Waals surface area contributed by atoms with E-state index in [1.165, 1.54) is 4.90 Å². The van der Waals surface area contributed by atoms with Crippen LogP contribution in [0.2, 0.25) is 0 Å². The zero-order valence-electron chi connectivity index (χ0n) is 15.5. The van der Waals surface area contributed by atoms with E-state index in [1.54, 1.807) is 36.3 Å². The number of aromatic nitrogens is 1. The molecule has 1 amide bonds. The van der Waals surface area contributed by atoms with Crippen molar-refractivity contribution in [1.82, 2.24) is 15.6 Å². The molecule has 3 N–H and O–H groups in total. The van der Waals surface area contributed by atoms with E-state index in [2.05, 4.69) is 45.0 Å². The number of aliphatic imine (C=N–C) groups is 1. The van der Waals surface area contributed by atoms with E-state index in [1.807, 2.05) is 25.1 Å². The SMILES string of the molecule is CCNC(=NCC(=O)Nc1cccnc1)NCC(C)Sc1ccccc1.I. The first-order valence-electron chi connectivity index (χ1n) is 8.61. The number of thioether (sulfide) groups is 1. The van der Waals surface area contributed by atoms with Crippen LogP contribution in [0.3, 0.4) is 0 Å². The van der Waals surface area contributed by atoms with Crippen LogP contribution in [0.1, 0.15) is 13.8 Å². The van der Waals surface area contributed by atoms with Crippen LogP contribution in [0.5, 0.6) is 0 Å². The number of anilines is 1. The highest BCUT2D eigenvalue weighted by Gasteiger charge is 2.07. The molecule has 0 aliphatic carbocycles. The molecule has 1 heterocycles. The average Bonchev–Trinajstić information content (AvgIpc) is 2.65. The van der Waals surface area contributed by atoms with Crippen LogP contribution < -0.4 is 16.0 Å². The Morgan fingerprint density at radius 2 is 1.96 bits per heavy atom. The molecule has 0 fully saturated rings. The van der Waals surface area contributed by atoms with Gasteiger partial charge in [-0.2, -0.15) is 0 Å². The Balaban J connectivity index is 0.00000364. The molecule has 27 heavy (non-hydrogen) atoms. The zero-order chi connectivity index (χ0) is 18.6. The summed E-state index contributed by atoms with van der Waals surface area (Å²) < 4.78 is 0. The number of carbonyl (C=O) groups excluding carboxylic acids is 1. The zero-order valence-corrected chi connectivity index (χ0v) is 18.7. The predicted molar refractivity (Wildman–Crippen MR) is 124 cm³/mol. The first-order valence-corrected chi connectivity index (χ1v) is 9.49. The number of hydrogen-bond donors (Lipinski definition) is 3. The number of nitrogens with zero attached hydrogens (tertiary/aromatic N) is 2. The lowest BCUT2D eigenvalue weighted by Gasteiger charge is -2.15. The van der Waals surface area contributed by atoms with Gasteiger partial charge < -0.3 is 16.0 Å². The largest absolute Gasteiger partial charge is 0.357 e. The molecule has 0 aliphatic rings. The van der Waals surface area contributed by atoms with Crippen LogP contribution in [-0.4, -0.2) is 41.7 Å². The lowest BCUT2D eigenvalue weighted by molar-refractivity contribution is -0.114. The van der Waals surface area contributed by atoms with Crippen LogP contribution in [0, 0.1) is 0 Å². The van der Waals surface area contributed by atoms with Crippen molar-refractivity contribution >= 4 is 53.3 Å². The molecule has 2 rings (SSSR count). The summed E-state index contributed by atoms with van der Waals surface area (Å²) >= 11 is 1.80. The van der Waals surface area contributed by atoms with Crippen LogP contribution in [-0.2, 0) is 4.79 Å². The third-order valence-electron chi connectivity index (χ3n) is 3.31. The maximum absolute atomic E-state index is 12.0. The molecule has 0 aliphatic heterocycles. The van der Waals surface area contributed by atoms with E-state index < -0.39 is 0 Å². The van der Waals surface area contributed by atoms with Crippen LogP contribution in [0.4, 0.5) is 5.69 Å². The third-order valence-corrected chi connectivity index (χ3v) is 4.42. The molecule has 1 atom stereocenters. The van der Waals surface area contributed by atoms with E-state index in [9.17, 15) is 4.79 Å². The number of hydrogen-bond acceptors (Lipinski definition) is 4. The number of amides is 1. The van der Waals surface area contributed by atoms with Gasteiger partial charge in [0.25, 0.3) is 0 Å². The molecule has 1 unspecified atom stereocenters. The van der Waals surface area contributed by atoms with Crippen molar-refractivity contribution < 1.29 is 4.79 Å². The highest BCUT2D eigenvalue weighted by atomic mass is 127. The first-order chi connectivity index (χ1) is 12.7. The maximum atomic E-state index is 12.0. The smallest absolute Gasteiger partial charge is 0.246 e. The minimum Gasteiger partial charge on any atom is -0.357 e. The molecule has 146 valence electrons. The number of nitrogens with one attached hydrogen (secondary N) is 3. The minimum atomic E-state index is -0.179. The van der Waals surface area contributed by atoms with Gasteiger partial charge in [-0.25, -0.2) is 4.99 Å². The van der Waals surface area contributed by atoms with Gasteiger partial charge in [-0.3, -0.25) is 9.78 Å². The van der Waals surface area contributed by atoms with Crippen molar-refractivity contribution in [3.05, 3.63) is 54.9 Å². The Kier molecular flexibility index (Phi) is 11.5. The Bertz CT molecular complexity index is 700. The van der Waals surface area contributed by atoms with Crippen molar-refractivity contribution in [3.8, 4) is 0 Å². The Morgan fingerprint density at radius 1 is 1.19 bits per heavy atom. The summed E-state index contributed by atoms with van der Waals surface area (Å²) in [7, 11) is 0. The van der Waals surface area contributed by atoms with Crippen LogP contribution >= 0.6 is 35.7 Å². The minimum absolute atomic E-state index is 0. The fourth-order valence-corrected chi connectivity index (χ4v) is 3.09. The van der Waals surface area contributed by atoms with Gasteiger partial charge in [0.15, 0.2) is 5.96 Å². The van der Waals surface area contributed by atoms with E-state index in [4.69, 9.17) is 0 Å². The number of rotatable bonds is 8. The van der Waals surface area contributed by atoms with Gasteiger partial charge in [-0.05, 0) is 31.2 Å². The Labute approximate surface area is 182 Å². The highest BCUT2D eigenvalue weighted by Crippen LogP contribution is 2.21. The lowest BCUT2D eigenvalue weighted by atomic mass is 10.4. The summed E-state index contributed by atoms with van der Waals surface area (Å²) in [4.78, 5) is 21.5. The summed E-state index contributed by atoms with van der Waals surface area (Å²) in [5.74, 6) is 0.455. The van der Waals surface area contributed by atoms with Crippen molar-refractivity contribution in [2.24, 2.45) is 4.99 Å². The summed E-state index contributed by atoms with van der Waals surface area (Å²) in [5, 5.41) is 9.58. The third kappa shape index (κ3) is 9.62. The molecule has 0 saturated carbocycles. The summed E-state index contributed by atoms with van der Waals surface area (Å²) in [5.41, 5.74) is 0.665. The number of halogens is 1. The topological polar surface area (TPSA) is 78.4 Å². The number of carbonyl (C=O) groups is 1. The van der Waals surface area contributed by atoms with E-state index >= 15 is 0 Å². The van der Waals surface area contributed by atoms with E-state index in [0.717, 1.165) is 13.1 Å². The molecule has 8 heteroatoms. The molecule has 0 saturated heterocycles. The van der Waals surface area contributed by atoms with Crippen molar-refractivity contribution in [3.63, 3.8) is 0 Å². The normalized spacial score (nSPS) is 11.9. The molecule has 0 radical (unpaired) electrons. The molecular formula is C19H26IN5OS. The number of benzene rings is 1. The van der Waals surface area contributed by atoms with Gasteiger partial charge in [-0.15, -0.1) is 35.7 Å². The van der Waals surface area contributed by atoms with Gasteiger partial charge in [0.05, 0.1) is 11.9 Å². The van der Waals surface area contributed by atoms with Gasteiger partial charge >= 0.3 is 0 Å². The quantitative estimate of drug-likeness (QED) is 0.225. The van der Waals surface area contributed by atoms with Gasteiger partial charge in [0.1, 0.15) is 6.54 Å². The van der Waals surface area contributed by atoms with E-state index in [-0.39, 0.29) is 36.4 Å². The number of pyridine rings is 1. The average molecular weight is 499 g/mol. The second-order valence-electron chi connectivity index (χ2n) is 5.61. The van der Waals surface area contributed by atoms with Gasteiger partial charge in [0, 0.05) is 29.4 Å². The second kappa shape index (κ2) is 13.4. The molecule has 1 aromatic carbocycles. The van der Waals surface area contributed by atoms with Crippen molar-refractivity contribution in [2.75, 3.05) is 25.0 Å². The van der Waals surface area contributed by atoms with Crippen molar-refractivity contribution in [2.45, 2.75) is 24.0 Å². The maximum Gasteiger partial charge on any atom is 0.246 e. The second-order valence-corrected chi connectivity index (χ2v) is 7.12. The molecule has 1 aromatic heterocycles. The monoisotopic (exact) mass is 499 g/mol.